The molecule has 3 saturated heterocycles. The molecule has 0 spiro atoms. The minimum atomic E-state index is 0.102. The number of para-hydroxylation sites is 1. The highest BCUT2D eigenvalue weighted by atomic mass is 16.5. The van der Waals surface area contributed by atoms with Gasteiger partial charge in [-0.15, -0.1) is 0 Å². The SMILES string of the molecule is COc1ccc(CN2C[C@@H]3CC[C@H](C2)N(C(=O)COc2ccccc2)C3)cc1. The van der Waals surface area contributed by atoms with Crippen molar-refractivity contribution in [2.75, 3.05) is 33.4 Å². The fourth-order valence-electron chi connectivity index (χ4n) is 4.35. The minimum Gasteiger partial charge on any atom is -0.497 e. The molecule has 0 aliphatic carbocycles. The van der Waals surface area contributed by atoms with Crippen molar-refractivity contribution in [3.05, 3.63) is 60.2 Å². The van der Waals surface area contributed by atoms with Crippen molar-refractivity contribution in [2.45, 2.75) is 25.4 Å². The summed E-state index contributed by atoms with van der Waals surface area (Å²) in [6.07, 6.45) is 2.29. The van der Waals surface area contributed by atoms with Gasteiger partial charge in [-0.1, -0.05) is 30.3 Å². The number of fused-ring (bicyclic) bond motifs is 4. The molecule has 2 bridgehead atoms. The fourth-order valence-corrected chi connectivity index (χ4v) is 4.35. The first-order chi connectivity index (χ1) is 13.7. The molecular weight excluding hydrogens is 352 g/mol. The van der Waals surface area contributed by atoms with Gasteiger partial charge in [0.25, 0.3) is 5.91 Å². The normalized spacial score (nSPS) is 22.0. The Labute approximate surface area is 166 Å². The number of methoxy groups -OCH3 is 1. The number of nitrogens with zero attached hydrogens (tertiary/aromatic N) is 2. The predicted molar refractivity (Wildman–Crippen MR) is 108 cm³/mol. The number of piperidine rings is 1. The molecule has 3 fully saturated rings. The van der Waals surface area contributed by atoms with Crippen LogP contribution in [0.25, 0.3) is 0 Å². The zero-order valence-corrected chi connectivity index (χ0v) is 16.4. The van der Waals surface area contributed by atoms with Crippen LogP contribution in [0.15, 0.2) is 54.6 Å². The van der Waals surface area contributed by atoms with Gasteiger partial charge in [0, 0.05) is 32.2 Å². The maximum absolute atomic E-state index is 12.8. The van der Waals surface area contributed by atoms with Crippen molar-refractivity contribution in [1.82, 2.24) is 9.80 Å². The smallest absolute Gasteiger partial charge is 0.260 e. The van der Waals surface area contributed by atoms with Crippen LogP contribution in [0.4, 0.5) is 0 Å². The summed E-state index contributed by atoms with van der Waals surface area (Å²) in [7, 11) is 1.69. The molecule has 0 unspecified atom stereocenters. The van der Waals surface area contributed by atoms with E-state index in [1.165, 1.54) is 12.0 Å². The Balaban J connectivity index is 1.36. The zero-order chi connectivity index (χ0) is 19.3. The van der Waals surface area contributed by atoms with Crippen LogP contribution in [0.1, 0.15) is 18.4 Å². The molecule has 0 N–H and O–H groups in total. The van der Waals surface area contributed by atoms with Crippen LogP contribution < -0.4 is 9.47 Å². The highest BCUT2D eigenvalue weighted by molar-refractivity contribution is 5.78. The second kappa shape index (κ2) is 8.65. The highest BCUT2D eigenvalue weighted by Gasteiger charge is 2.37. The van der Waals surface area contributed by atoms with E-state index in [1.807, 2.05) is 42.5 Å². The number of amides is 1. The molecule has 5 heteroatoms. The molecule has 28 heavy (non-hydrogen) atoms. The molecule has 2 aromatic carbocycles. The number of rotatable bonds is 6. The lowest BCUT2D eigenvalue weighted by Gasteiger charge is -2.36. The molecule has 0 radical (unpaired) electrons. The molecule has 148 valence electrons. The molecular formula is C23H28N2O3. The van der Waals surface area contributed by atoms with E-state index < -0.39 is 0 Å². The molecule has 1 amide bonds. The first-order valence-electron chi connectivity index (χ1n) is 10.0. The largest absolute Gasteiger partial charge is 0.497 e. The summed E-state index contributed by atoms with van der Waals surface area (Å²) in [4.78, 5) is 17.4. The summed E-state index contributed by atoms with van der Waals surface area (Å²) in [6.45, 7) is 3.86. The Hall–Kier alpha value is -2.53. The molecule has 0 aromatic heterocycles. The van der Waals surface area contributed by atoms with E-state index in [2.05, 4.69) is 21.9 Å². The van der Waals surface area contributed by atoms with Gasteiger partial charge in [0.1, 0.15) is 11.5 Å². The third-order valence-corrected chi connectivity index (χ3v) is 5.78. The monoisotopic (exact) mass is 380 g/mol. The molecule has 5 rings (SSSR count). The number of ether oxygens (including phenoxy) is 2. The van der Waals surface area contributed by atoms with Crippen molar-refractivity contribution in [2.24, 2.45) is 5.92 Å². The zero-order valence-electron chi connectivity index (χ0n) is 16.4. The first-order valence-corrected chi connectivity index (χ1v) is 10.0. The van der Waals surface area contributed by atoms with E-state index in [-0.39, 0.29) is 18.6 Å². The van der Waals surface area contributed by atoms with Crippen LogP contribution >= 0.6 is 0 Å². The molecule has 3 heterocycles. The second-order valence-corrected chi connectivity index (χ2v) is 7.79. The third kappa shape index (κ3) is 4.47. The van der Waals surface area contributed by atoms with E-state index in [0.717, 1.165) is 44.1 Å². The van der Waals surface area contributed by atoms with Crippen LogP contribution in [0.5, 0.6) is 11.5 Å². The van der Waals surface area contributed by atoms with Crippen molar-refractivity contribution < 1.29 is 14.3 Å². The van der Waals surface area contributed by atoms with Crippen molar-refractivity contribution in [1.29, 1.82) is 0 Å². The minimum absolute atomic E-state index is 0.102. The summed E-state index contributed by atoms with van der Waals surface area (Å²) in [6, 6.07) is 18.1. The Bertz CT molecular complexity index is 778. The summed E-state index contributed by atoms with van der Waals surface area (Å²) >= 11 is 0. The van der Waals surface area contributed by atoms with E-state index in [0.29, 0.717) is 5.92 Å². The third-order valence-electron chi connectivity index (χ3n) is 5.78. The van der Waals surface area contributed by atoms with Crippen molar-refractivity contribution in [3.63, 3.8) is 0 Å². The summed E-state index contributed by atoms with van der Waals surface area (Å²) in [5, 5.41) is 0. The van der Waals surface area contributed by atoms with Gasteiger partial charge >= 0.3 is 0 Å². The summed E-state index contributed by atoms with van der Waals surface area (Å²) in [5.74, 6) is 2.27. The Morgan fingerprint density at radius 1 is 0.964 bits per heavy atom. The average Bonchev–Trinajstić information content (AvgIpc) is 3.04. The standard InChI is InChI=1S/C23H28N2O3/c1-27-21-11-8-18(9-12-21)13-24-14-19-7-10-20(16-24)25(15-19)23(26)17-28-22-5-3-2-4-6-22/h2-6,8-9,11-12,19-20H,7,10,13-17H2,1H3/t19-,20+/m0/s1. The average molecular weight is 380 g/mol. The van der Waals surface area contributed by atoms with Crippen LogP contribution in [-0.4, -0.2) is 55.1 Å². The Morgan fingerprint density at radius 2 is 1.75 bits per heavy atom. The Morgan fingerprint density at radius 3 is 2.50 bits per heavy atom. The first kappa shape index (κ1) is 18.8. The quantitative estimate of drug-likeness (QED) is 0.772. The molecule has 2 aromatic rings. The van der Waals surface area contributed by atoms with E-state index in [1.54, 1.807) is 7.11 Å². The van der Waals surface area contributed by atoms with E-state index in [9.17, 15) is 4.79 Å². The van der Waals surface area contributed by atoms with Gasteiger partial charge in [0.2, 0.25) is 0 Å². The van der Waals surface area contributed by atoms with Crippen LogP contribution in [0, 0.1) is 5.92 Å². The van der Waals surface area contributed by atoms with E-state index >= 15 is 0 Å². The van der Waals surface area contributed by atoms with Gasteiger partial charge in [0.15, 0.2) is 6.61 Å². The van der Waals surface area contributed by atoms with Gasteiger partial charge in [-0.2, -0.15) is 0 Å². The molecule has 3 aliphatic rings. The highest BCUT2D eigenvalue weighted by Crippen LogP contribution is 2.29. The Kier molecular flexibility index (Phi) is 5.81. The number of hydrogen-bond donors (Lipinski definition) is 0. The lowest BCUT2D eigenvalue weighted by atomic mass is 9.95. The van der Waals surface area contributed by atoms with Crippen molar-refractivity contribution in [3.8, 4) is 11.5 Å². The lowest BCUT2D eigenvalue weighted by molar-refractivity contribution is -0.137. The van der Waals surface area contributed by atoms with Crippen LogP contribution in [0.3, 0.4) is 0 Å². The summed E-state index contributed by atoms with van der Waals surface area (Å²) in [5.41, 5.74) is 1.28. The molecule has 2 atom stereocenters. The van der Waals surface area contributed by atoms with Gasteiger partial charge in [-0.25, -0.2) is 0 Å². The maximum atomic E-state index is 12.8. The number of hydrogen-bond acceptors (Lipinski definition) is 4. The molecule has 0 saturated carbocycles. The van der Waals surface area contributed by atoms with Gasteiger partial charge in [0.05, 0.1) is 7.11 Å². The van der Waals surface area contributed by atoms with Gasteiger partial charge < -0.3 is 14.4 Å². The van der Waals surface area contributed by atoms with Gasteiger partial charge in [-0.3, -0.25) is 9.69 Å². The van der Waals surface area contributed by atoms with Crippen LogP contribution in [-0.2, 0) is 11.3 Å². The predicted octanol–water partition coefficient (Wildman–Crippen LogP) is 3.20. The van der Waals surface area contributed by atoms with Crippen LogP contribution in [0.2, 0.25) is 0 Å². The second-order valence-electron chi connectivity index (χ2n) is 7.79. The van der Waals surface area contributed by atoms with Crippen molar-refractivity contribution >= 4 is 5.91 Å². The number of benzene rings is 2. The van der Waals surface area contributed by atoms with E-state index in [4.69, 9.17) is 9.47 Å². The fraction of sp³-hybridized carbons (Fsp3) is 0.435. The number of carbonyl (C=O) groups is 1. The maximum Gasteiger partial charge on any atom is 0.260 e. The molecule has 3 aliphatic heterocycles. The van der Waals surface area contributed by atoms with Gasteiger partial charge in [-0.05, 0) is 48.6 Å². The topological polar surface area (TPSA) is 42.0 Å². The lowest BCUT2D eigenvalue weighted by Crippen LogP contribution is -2.49. The number of carbonyl (C=O) groups excluding carboxylic acids is 1. The molecule has 5 nitrogen and oxygen atoms in total. The summed E-state index contributed by atoms with van der Waals surface area (Å²) < 4.78 is 10.9.